The second-order valence-electron chi connectivity index (χ2n) is 6.93. The number of pyridine rings is 1. The molecule has 3 aromatic rings. The summed E-state index contributed by atoms with van der Waals surface area (Å²) in [7, 11) is 0. The van der Waals surface area contributed by atoms with Crippen molar-refractivity contribution in [3.05, 3.63) is 66.2 Å². The Bertz CT molecular complexity index is 1080. The van der Waals surface area contributed by atoms with E-state index in [1.54, 1.807) is 24.7 Å². The first-order valence-corrected chi connectivity index (χ1v) is 9.47. The molecule has 1 saturated heterocycles. The molecule has 0 unspecified atom stereocenters. The molecule has 4 rings (SSSR count). The largest absolute Gasteiger partial charge is 0.380 e. The SMILES string of the molecule is N#Cc1ccc(N2CC[C@H](Nc3cc(Nc4cnccn4)ncc3C(N)=O)C2)cc1. The number of primary amides is 1. The van der Waals surface area contributed by atoms with E-state index < -0.39 is 5.91 Å². The minimum Gasteiger partial charge on any atom is -0.380 e. The standard InChI is InChI=1S/C21H20N8O/c22-10-14-1-3-16(4-2-14)29-8-5-15(13-29)27-18-9-19(26-11-17(18)21(23)30)28-20-12-24-6-7-25-20/h1-4,6-7,9,11-12,15H,5,8,13H2,(H2,23,30)(H2,25,26,27,28)/t15-/m0/s1. The highest BCUT2D eigenvalue weighted by molar-refractivity contribution is 5.98. The van der Waals surface area contributed by atoms with Crippen LogP contribution in [0.15, 0.2) is 55.1 Å². The molecule has 1 aliphatic rings. The zero-order chi connectivity index (χ0) is 20.9. The molecule has 1 aliphatic heterocycles. The van der Waals surface area contributed by atoms with Crippen molar-refractivity contribution in [1.29, 1.82) is 5.26 Å². The summed E-state index contributed by atoms with van der Waals surface area (Å²) in [5.74, 6) is 0.540. The number of rotatable bonds is 6. The molecular weight excluding hydrogens is 380 g/mol. The maximum atomic E-state index is 11.9. The van der Waals surface area contributed by atoms with E-state index in [4.69, 9.17) is 11.0 Å². The van der Waals surface area contributed by atoms with Gasteiger partial charge in [-0.15, -0.1) is 0 Å². The van der Waals surface area contributed by atoms with Crippen LogP contribution in [0.4, 0.5) is 23.0 Å². The highest BCUT2D eigenvalue weighted by Gasteiger charge is 2.24. The number of nitriles is 1. The van der Waals surface area contributed by atoms with E-state index in [-0.39, 0.29) is 6.04 Å². The van der Waals surface area contributed by atoms with Crippen molar-refractivity contribution < 1.29 is 4.79 Å². The van der Waals surface area contributed by atoms with Crippen LogP contribution in [-0.4, -0.2) is 40.0 Å². The summed E-state index contributed by atoms with van der Waals surface area (Å²) in [6.07, 6.45) is 7.10. The molecule has 0 spiro atoms. The van der Waals surface area contributed by atoms with Crippen molar-refractivity contribution in [2.75, 3.05) is 28.6 Å². The normalized spacial score (nSPS) is 15.4. The Labute approximate surface area is 173 Å². The lowest BCUT2D eigenvalue weighted by molar-refractivity contribution is 0.100. The molecule has 1 fully saturated rings. The monoisotopic (exact) mass is 400 g/mol. The number of nitrogens with one attached hydrogen (secondary N) is 2. The van der Waals surface area contributed by atoms with Crippen LogP contribution in [0.1, 0.15) is 22.3 Å². The lowest BCUT2D eigenvalue weighted by atomic mass is 10.1. The number of anilines is 4. The van der Waals surface area contributed by atoms with Gasteiger partial charge in [0, 0.05) is 49.5 Å². The van der Waals surface area contributed by atoms with Crippen molar-refractivity contribution in [2.24, 2.45) is 5.73 Å². The summed E-state index contributed by atoms with van der Waals surface area (Å²) >= 11 is 0. The summed E-state index contributed by atoms with van der Waals surface area (Å²) in [6.45, 7) is 1.63. The summed E-state index contributed by atoms with van der Waals surface area (Å²) in [5, 5.41) is 15.5. The Morgan fingerprint density at radius 2 is 2.00 bits per heavy atom. The number of amides is 1. The quantitative estimate of drug-likeness (QED) is 0.574. The minimum absolute atomic E-state index is 0.130. The van der Waals surface area contributed by atoms with Gasteiger partial charge < -0.3 is 21.3 Å². The van der Waals surface area contributed by atoms with Gasteiger partial charge in [0.15, 0.2) is 0 Å². The Balaban J connectivity index is 1.49. The van der Waals surface area contributed by atoms with Crippen LogP contribution in [-0.2, 0) is 0 Å². The molecule has 4 N–H and O–H groups in total. The maximum Gasteiger partial charge on any atom is 0.252 e. The van der Waals surface area contributed by atoms with Crippen LogP contribution in [0.5, 0.6) is 0 Å². The molecule has 0 radical (unpaired) electrons. The molecule has 0 saturated carbocycles. The Kier molecular flexibility index (Phi) is 5.39. The van der Waals surface area contributed by atoms with Crippen molar-refractivity contribution in [3.63, 3.8) is 0 Å². The zero-order valence-electron chi connectivity index (χ0n) is 16.1. The topological polar surface area (TPSA) is 133 Å². The van der Waals surface area contributed by atoms with Crippen LogP contribution < -0.4 is 21.3 Å². The predicted octanol–water partition coefficient (Wildman–Crippen LogP) is 2.28. The average Bonchev–Trinajstić information content (AvgIpc) is 3.23. The van der Waals surface area contributed by atoms with Crippen molar-refractivity contribution in [2.45, 2.75) is 12.5 Å². The zero-order valence-corrected chi connectivity index (χ0v) is 16.1. The van der Waals surface area contributed by atoms with E-state index in [1.807, 2.05) is 24.3 Å². The molecule has 0 bridgehead atoms. The predicted molar refractivity (Wildman–Crippen MR) is 113 cm³/mol. The van der Waals surface area contributed by atoms with Crippen LogP contribution in [0, 0.1) is 11.3 Å². The lowest BCUT2D eigenvalue weighted by Gasteiger charge is -2.20. The van der Waals surface area contributed by atoms with Gasteiger partial charge in [-0.2, -0.15) is 5.26 Å². The molecule has 0 aliphatic carbocycles. The number of aromatic nitrogens is 3. The fourth-order valence-corrected chi connectivity index (χ4v) is 3.41. The molecule has 9 heteroatoms. The van der Waals surface area contributed by atoms with Gasteiger partial charge >= 0.3 is 0 Å². The third kappa shape index (κ3) is 4.28. The summed E-state index contributed by atoms with van der Waals surface area (Å²) in [6, 6.07) is 11.5. The van der Waals surface area contributed by atoms with Crippen molar-refractivity contribution in [1.82, 2.24) is 15.0 Å². The number of nitrogens with two attached hydrogens (primary N) is 1. The number of carbonyl (C=O) groups excluding carboxylic acids is 1. The number of hydrogen-bond acceptors (Lipinski definition) is 8. The summed E-state index contributed by atoms with van der Waals surface area (Å²) in [4.78, 5) is 26.5. The molecule has 1 atom stereocenters. The van der Waals surface area contributed by atoms with Crippen LogP contribution in [0.25, 0.3) is 0 Å². The fraction of sp³-hybridized carbons (Fsp3) is 0.190. The van der Waals surface area contributed by atoms with Crippen LogP contribution in [0.2, 0.25) is 0 Å². The average molecular weight is 400 g/mol. The third-order valence-electron chi connectivity index (χ3n) is 4.90. The van der Waals surface area contributed by atoms with Gasteiger partial charge in [-0.3, -0.25) is 9.78 Å². The molecular formula is C21H20N8O. The smallest absolute Gasteiger partial charge is 0.252 e. The van der Waals surface area contributed by atoms with Gasteiger partial charge in [-0.05, 0) is 30.7 Å². The first kappa shape index (κ1) is 19.1. The van der Waals surface area contributed by atoms with Gasteiger partial charge in [0.1, 0.15) is 11.6 Å². The summed E-state index contributed by atoms with van der Waals surface area (Å²) < 4.78 is 0. The molecule has 30 heavy (non-hydrogen) atoms. The molecule has 3 heterocycles. The van der Waals surface area contributed by atoms with Crippen molar-refractivity contribution >= 4 is 28.9 Å². The second-order valence-corrected chi connectivity index (χ2v) is 6.93. The highest BCUT2D eigenvalue weighted by atomic mass is 16.1. The molecule has 9 nitrogen and oxygen atoms in total. The van der Waals surface area contributed by atoms with Gasteiger partial charge in [-0.1, -0.05) is 0 Å². The van der Waals surface area contributed by atoms with Crippen molar-refractivity contribution in [3.8, 4) is 6.07 Å². The van der Waals surface area contributed by atoms with E-state index >= 15 is 0 Å². The number of carbonyl (C=O) groups is 1. The number of hydrogen-bond donors (Lipinski definition) is 3. The van der Waals surface area contributed by atoms with Gasteiger partial charge in [-0.25, -0.2) is 9.97 Å². The van der Waals surface area contributed by atoms with Gasteiger partial charge in [0.25, 0.3) is 5.91 Å². The molecule has 1 amide bonds. The fourth-order valence-electron chi connectivity index (χ4n) is 3.41. The number of nitrogens with zero attached hydrogens (tertiary/aromatic N) is 5. The first-order valence-electron chi connectivity index (χ1n) is 9.47. The van der Waals surface area contributed by atoms with Gasteiger partial charge in [0.05, 0.1) is 29.1 Å². The minimum atomic E-state index is -0.544. The van der Waals surface area contributed by atoms with Gasteiger partial charge in [0.2, 0.25) is 0 Å². The van der Waals surface area contributed by atoms with E-state index in [0.717, 1.165) is 25.2 Å². The summed E-state index contributed by atoms with van der Waals surface area (Å²) in [5.41, 5.74) is 8.19. The first-order chi connectivity index (χ1) is 14.6. The molecule has 150 valence electrons. The van der Waals surface area contributed by atoms with Crippen LogP contribution in [0.3, 0.4) is 0 Å². The van der Waals surface area contributed by atoms with E-state index in [9.17, 15) is 4.79 Å². The Hall–Kier alpha value is -4.19. The Morgan fingerprint density at radius 1 is 1.17 bits per heavy atom. The third-order valence-corrected chi connectivity index (χ3v) is 4.90. The van der Waals surface area contributed by atoms with Crippen LogP contribution >= 0.6 is 0 Å². The Morgan fingerprint density at radius 3 is 2.70 bits per heavy atom. The van der Waals surface area contributed by atoms with E-state index in [1.165, 1.54) is 6.20 Å². The molecule has 1 aromatic carbocycles. The molecule has 2 aromatic heterocycles. The highest BCUT2D eigenvalue weighted by Crippen LogP contribution is 2.26. The number of benzene rings is 1. The van der Waals surface area contributed by atoms with E-state index in [0.29, 0.717) is 28.5 Å². The second kappa shape index (κ2) is 8.45. The van der Waals surface area contributed by atoms with E-state index in [2.05, 4.69) is 36.6 Å². The lowest BCUT2D eigenvalue weighted by Crippen LogP contribution is -2.27. The maximum absolute atomic E-state index is 11.9.